The van der Waals surface area contributed by atoms with Crippen LogP contribution in [0.1, 0.15) is 36.9 Å². The van der Waals surface area contributed by atoms with Crippen molar-refractivity contribution in [2.45, 2.75) is 45.2 Å². The highest BCUT2D eigenvalue weighted by atomic mass is 15.3. The van der Waals surface area contributed by atoms with Crippen LogP contribution in [0.15, 0.2) is 6.20 Å². The summed E-state index contributed by atoms with van der Waals surface area (Å²) in [5.74, 6) is 0.855. The lowest BCUT2D eigenvalue weighted by Gasteiger charge is -2.35. The van der Waals surface area contributed by atoms with Crippen LogP contribution in [0.4, 0.5) is 0 Å². The van der Waals surface area contributed by atoms with Crippen molar-refractivity contribution >= 4 is 0 Å². The summed E-state index contributed by atoms with van der Waals surface area (Å²) in [7, 11) is 2.03. The SMILES string of the molecule is Cc1c(CN2CCCC(C3CCCN3)C2)cnn1C. The van der Waals surface area contributed by atoms with Crippen LogP contribution in [0.3, 0.4) is 0 Å². The molecule has 0 radical (unpaired) electrons. The van der Waals surface area contributed by atoms with Gasteiger partial charge in [0.2, 0.25) is 0 Å². The summed E-state index contributed by atoms with van der Waals surface area (Å²) in [6.07, 6.45) is 7.53. The lowest BCUT2D eigenvalue weighted by atomic mass is 9.89. The number of aromatic nitrogens is 2. The third-order valence-electron chi connectivity index (χ3n) is 4.94. The van der Waals surface area contributed by atoms with Gasteiger partial charge in [-0.1, -0.05) is 0 Å². The van der Waals surface area contributed by atoms with Crippen LogP contribution < -0.4 is 5.32 Å². The second kappa shape index (κ2) is 5.63. The Hall–Kier alpha value is -0.870. The van der Waals surface area contributed by atoms with E-state index in [4.69, 9.17) is 0 Å². The molecule has 4 nitrogen and oxygen atoms in total. The first-order valence-electron chi connectivity index (χ1n) is 7.67. The first-order valence-corrected chi connectivity index (χ1v) is 7.67. The van der Waals surface area contributed by atoms with Crippen LogP contribution in [0.2, 0.25) is 0 Å². The number of piperidine rings is 1. The highest BCUT2D eigenvalue weighted by Gasteiger charge is 2.29. The van der Waals surface area contributed by atoms with Crippen molar-refractivity contribution in [3.63, 3.8) is 0 Å². The molecule has 2 unspecified atom stereocenters. The Labute approximate surface area is 116 Å². The van der Waals surface area contributed by atoms with Crippen molar-refractivity contribution < 1.29 is 0 Å². The standard InChI is InChI=1S/C15H26N4/c1-12-14(9-17-18(12)2)11-19-8-4-5-13(10-19)15-6-3-7-16-15/h9,13,15-16H,3-8,10-11H2,1-2H3. The maximum Gasteiger partial charge on any atom is 0.0537 e. The van der Waals surface area contributed by atoms with Gasteiger partial charge in [0.15, 0.2) is 0 Å². The van der Waals surface area contributed by atoms with E-state index in [1.807, 2.05) is 17.9 Å². The highest BCUT2D eigenvalue weighted by molar-refractivity contribution is 5.15. The minimum atomic E-state index is 0.776. The van der Waals surface area contributed by atoms with Crippen LogP contribution in [-0.4, -0.2) is 40.4 Å². The number of aryl methyl sites for hydroxylation is 1. The van der Waals surface area contributed by atoms with Gasteiger partial charge in [0.05, 0.1) is 6.20 Å². The van der Waals surface area contributed by atoms with Gasteiger partial charge in [-0.3, -0.25) is 9.58 Å². The van der Waals surface area contributed by atoms with Crippen LogP contribution in [-0.2, 0) is 13.6 Å². The molecule has 3 heterocycles. The van der Waals surface area contributed by atoms with E-state index in [2.05, 4.69) is 22.2 Å². The van der Waals surface area contributed by atoms with E-state index in [0.29, 0.717) is 0 Å². The summed E-state index contributed by atoms with van der Waals surface area (Å²) in [6.45, 7) is 6.97. The van der Waals surface area contributed by atoms with Gasteiger partial charge in [-0.05, 0) is 51.6 Å². The molecule has 1 aromatic heterocycles. The van der Waals surface area contributed by atoms with Crippen molar-refractivity contribution in [1.82, 2.24) is 20.0 Å². The monoisotopic (exact) mass is 262 g/mol. The van der Waals surface area contributed by atoms with E-state index in [1.54, 1.807) is 0 Å². The molecule has 2 aliphatic rings. The Morgan fingerprint density at radius 1 is 1.37 bits per heavy atom. The minimum Gasteiger partial charge on any atom is -0.314 e. The average molecular weight is 262 g/mol. The molecule has 2 fully saturated rings. The average Bonchev–Trinajstić information content (AvgIpc) is 3.05. The molecule has 2 saturated heterocycles. The molecule has 0 spiro atoms. The normalized spacial score (nSPS) is 28.9. The van der Waals surface area contributed by atoms with Crippen molar-refractivity contribution in [1.29, 1.82) is 0 Å². The molecule has 0 aromatic carbocycles. The molecule has 1 aromatic rings. The molecule has 0 saturated carbocycles. The largest absolute Gasteiger partial charge is 0.314 e. The van der Waals surface area contributed by atoms with Crippen molar-refractivity contribution in [3.05, 3.63) is 17.5 Å². The lowest BCUT2D eigenvalue weighted by Crippen LogP contribution is -2.43. The first kappa shape index (κ1) is 13.1. The molecule has 4 heteroatoms. The van der Waals surface area contributed by atoms with Gasteiger partial charge < -0.3 is 5.32 Å². The number of hydrogen-bond donors (Lipinski definition) is 1. The second-order valence-electron chi connectivity index (χ2n) is 6.22. The molecule has 19 heavy (non-hydrogen) atoms. The summed E-state index contributed by atoms with van der Waals surface area (Å²) in [5, 5.41) is 8.04. The minimum absolute atomic E-state index is 0.776. The van der Waals surface area contributed by atoms with Gasteiger partial charge in [0.1, 0.15) is 0 Å². The molecule has 1 N–H and O–H groups in total. The molecule has 0 amide bonds. The number of hydrogen-bond acceptors (Lipinski definition) is 3. The molecular weight excluding hydrogens is 236 g/mol. The zero-order valence-electron chi connectivity index (χ0n) is 12.2. The van der Waals surface area contributed by atoms with Gasteiger partial charge in [0, 0.05) is 37.4 Å². The zero-order valence-corrected chi connectivity index (χ0v) is 12.2. The predicted octanol–water partition coefficient (Wildman–Crippen LogP) is 1.69. The lowest BCUT2D eigenvalue weighted by molar-refractivity contribution is 0.145. The number of rotatable bonds is 3. The van der Waals surface area contributed by atoms with Gasteiger partial charge >= 0.3 is 0 Å². The summed E-state index contributed by atoms with van der Waals surface area (Å²) < 4.78 is 1.98. The predicted molar refractivity (Wildman–Crippen MR) is 77.0 cm³/mol. The number of nitrogens with one attached hydrogen (secondary N) is 1. The summed E-state index contributed by atoms with van der Waals surface area (Å²) in [4.78, 5) is 2.62. The van der Waals surface area contributed by atoms with Gasteiger partial charge in [-0.2, -0.15) is 5.10 Å². The summed E-state index contributed by atoms with van der Waals surface area (Å²) in [5.41, 5.74) is 2.70. The van der Waals surface area contributed by atoms with Gasteiger partial charge in [-0.25, -0.2) is 0 Å². The van der Waals surface area contributed by atoms with E-state index in [-0.39, 0.29) is 0 Å². The summed E-state index contributed by atoms with van der Waals surface area (Å²) >= 11 is 0. The Morgan fingerprint density at radius 3 is 2.95 bits per heavy atom. The fraction of sp³-hybridized carbons (Fsp3) is 0.800. The van der Waals surface area contributed by atoms with Crippen LogP contribution in [0.25, 0.3) is 0 Å². The molecule has 3 rings (SSSR count). The summed E-state index contributed by atoms with van der Waals surface area (Å²) in [6, 6.07) is 0.776. The van der Waals surface area contributed by atoms with Gasteiger partial charge in [0.25, 0.3) is 0 Å². The van der Waals surface area contributed by atoms with Crippen LogP contribution in [0, 0.1) is 12.8 Å². The van der Waals surface area contributed by atoms with E-state index in [9.17, 15) is 0 Å². The van der Waals surface area contributed by atoms with Crippen molar-refractivity contribution in [2.75, 3.05) is 19.6 Å². The number of nitrogens with zero attached hydrogens (tertiary/aromatic N) is 3. The molecule has 0 bridgehead atoms. The Balaban J connectivity index is 1.60. The van der Waals surface area contributed by atoms with Crippen molar-refractivity contribution in [3.8, 4) is 0 Å². The molecule has 2 aliphatic heterocycles. The Bertz CT molecular complexity index is 420. The maximum absolute atomic E-state index is 4.36. The molecular formula is C15H26N4. The topological polar surface area (TPSA) is 33.1 Å². The van der Waals surface area contributed by atoms with E-state index in [1.165, 1.54) is 56.6 Å². The highest BCUT2D eigenvalue weighted by Crippen LogP contribution is 2.25. The smallest absolute Gasteiger partial charge is 0.0537 e. The molecule has 2 atom stereocenters. The molecule has 0 aliphatic carbocycles. The first-order chi connectivity index (χ1) is 9.24. The zero-order chi connectivity index (χ0) is 13.2. The fourth-order valence-electron chi connectivity index (χ4n) is 3.62. The van der Waals surface area contributed by atoms with Gasteiger partial charge in [-0.15, -0.1) is 0 Å². The van der Waals surface area contributed by atoms with Crippen LogP contribution in [0.5, 0.6) is 0 Å². The third-order valence-corrected chi connectivity index (χ3v) is 4.94. The third kappa shape index (κ3) is 2.84. The molecule has 106 valence electrons. The Kier molecular flexibility index (Phi) is 3.89. The van der Waals surface area contributed by atoms with E-state index < -0.39 is 0 Å². The Morgan fingerprint density at radius 2 is 2.26 bits per heavy atom. The second-order valence-corrected chi connectivity index (χ2v) is 6.22. The maximum atomic E-state index is 4.36. The fourth-order valence-corrected chi connectivity index (χ4v) is 3.62. The van der Waals surface area contributed by atoms with E-state index >= 15 is 0 Å². The number of likely N-dealkylation sites (tertiary alicyclic amines) is 1. The van der Waals surface area contributed by atoms with Crippen molar-refractivity contribution in [2.24, 2.45) is 13.0 Å². The van der Waals surface area contributed by atoms with E-state index in [0.717, 1.165) is 18.5 Å². The quantitative estimate of drug-likeness (QED) is 0.900. The van der Waals surface area contributed by atoms with Crippen LogP contribution >= 0.6 is 0 Å².